The number of amides is 1. The van der Waals surface area contributed by atoms with Gasteiger partial charge in [-0.2, -0.15) is 0 Å². The van der Waals surface area contributed by atoms with Crippen molar-refractivity contribution >= 4 is 28.9 Å². The van der Waals surface area contributed by atoms with Crippen LogP contribution < -0.4 is 15.8 Å². The van der Waals surface area contributed by atoms with Crippen molar-refractivity contribution in [2.75, 3.05) is 18.2 Å². The topological polar surface area (TPSA) is 90.4 Å². The second-order valence-electron chi connectivity index (χ2n) is 4.52. The molecule has 112 valence electrons. The van der Waals surface area contributed by atoms with E-state index in [0.29, 0.717) is 29.2 Å². The van der Waals surface area contributed by atoms with Crippen LogP contribution >= 0.6 is 11.6 Å². The second kappa shape index (κ2) is 6.49. The van der Waals surface area contributed by atoms with Gasteiger partial charge in [-0.3, -0.25) is 4.79 Å². The molecule has 0 unspecified atom stereocenters. The van der Waals surface area contributed by atoms with Crippen molar-refractivity contribution < 1.29 is 14.1 Å². The van der Waals surface area contributed by atoms with Crippen LogP contribution in [0.25, 0.3) is 0 Å². The van der Waals surface area contributed by atoms with E-state index in [1.165, 1.54) is 0 Å². The van der Waals surface area contributed by atoms with E-state index in [4.69, 9.17) is 26.6 Å². The Labute approximate surface area is 127 Å². The lowest BCUT2D eigenvalue weighted by molar-refractivity contribution is -0.116. The zero-order chi connectivity index (χ0) is 15.4. The molecule has 0 aliphatic heterocycles. The first-order chi connectivity index (χ1) is 10.0. The first kappa shape index (κ1) is 15.2. The molecule has 1 aromatic heterocycles. The highest BCUT2D eigenvalue weighted by Crippen LogP contribution is 2.25. The quantitative estimate of drug-likeness (QED) is 0.829. The van der Waals surface area contributed by atoms with Gasteiger partial charge < -0.3 is 20.3 Å². The number of aryl methyl sites for hydroxylation is 1. The third kappa shape index (κ3) is 3.66. The van der Waals surface area contributed by atoms with Crippen LogP contribution in [0.4, 0.5) is 11.4 Å². The van der Waals surface area contributed by atoms with Crippen molar-refractivity contribution in [2.45, 2.75) is 19.8 Å². The largest absolute Gasteiger partial charge is 0.497 e. The van der Waals surface area contributed by atoms with Crippen LogP contribution in [-0.4, -0.2) is 18.2 Å². The minimum absolute atomic E-state index is 0.174. The number of halogens is 1. The van der Waals surface area contributed by atoms with Crippen molar-refractivity contribution in [3.63, 3.8) is 0 Å². The number of nitrogens with two attached hydrogens (primary N) is 1. The molecule has 0 bridgehead atoms. The molecule has 1 heterocycles. The number of carbonyl (C=O) groups is 1. The van der Waals surface area contributed by atoms with Gasteiger partial charge in [0.2, 0.25) is 11.1 Å². The first-order valence-corrected chi connectivity index (χ1v) is 6.73. The maximum absolute atomic E-state index is 12.0. The second-order valence-corrected chi connectivity index (χ2v) is 4.86. The van der Waals surface area contributed by atoms with E-state index >= 15 is 0 Å². The number of hydrogen-bond acceptors (Lipinski definition) is 5. The van der Waals surface area contributed by atoms with Crippen LogP contribution in [0.15, 0.2) is 22.7 Å². The van der Waals surface area contributed by atoms with Gasteiger partial charge in [-0.25, -0.2) is 0 Å². The van der Waals surface area contributed by atoms with Gasteiger partial charge in [0.1, 0.15) is 5.75 Å². The third-order valence-electron chi connectivity index (χ3n) is 3.07. The van der Waals surface area contributed by atoms with E-state index < -0.39 is 0 Å². The third-order valence-corrected chi connectivity index (χ3v) is 3.37. The molecule has 2 aromatic rings. The molecule has 0 atom stereocenters. The minimum atomic E-state index is -0.174. The number of benzene rings is 1. The van der Waals surface area contributed by atoms with Gasteiger partial charge in [-0.05, 0) is 37.1 Å². The molecule has 0 spiro atoms. The Morgan fingerprint density at radius 1 is 1.52 bits per heavy atom. The van der Waals surface area contributed by atoms with Crippen LogP contribution in [-0.2, 0) is 11.2 Å². The van der Waals surface area contributed by atoms with E-state index in [9.17, 15) is 4.79 Å². The predicted molar refractivity (Wildman–Crippen MR) is 80.6 cm³/mol. The van der Waals surface area contributed by atoms with E-state index in [2.05, 4.69) is 10.5 Å². The van der Waals surface area contributed by atoms with Gasteiger partial charge in [-0.1, -0.05) is 5.16 Å². The summed E-state index contributed by atoms with van der Waals surface area (Å²) in [7, 11) is 1.55. The Hall–Kier alpha value is -2.21. The molecule has 1 aromatic carbocycles. The molecule has 0 saturated carbocycles. The summed E-state index contributed by atoms with van der Waals surface area (Å²) in [5, 5.41) is 6.71. The maximum Gasteiger partial charge on any atom is 0.229 e. The lowest BCUT2D eigenvalue weighted by Gasteiger charge is -2.09. The Balaban J connectivity index is 1.99. The van der Waals surface area contributed by atoms with E-state index in [1.807, 2.05) is 0 Å². The minimum Gasteiger partial charge on any atom is -0.497 e. The fourth-order valence-electron chi connectivity index (χ4n) is 1.86. The predicted octanol–water partition coefficient (Wildman–Crippen LogP) is 2.80. The normalized spacial score (nSPS) is 10.4. The van der Waals surface area contributed by atoms with Gasteiger partial charge in [0.05, 0.1) is 24.2 Å². The summed E-state index contributed by atoms with van der Waals surface area (Å²) in [5.41, 5.74) is 8.24. The van der Waals surface area contributed by atoms with Crippen LogP contribution in [0, 0.1) is 6.92 Å². The summed E-state index contributed by atoms with van der Waals surface area (Å²) in [6.45, 7) is 1.78. The summed E-state index contributed by atoms with van der Waals surface area (Å²) >= 11 is 5.86. The van der Waals surface area contributed by atoms with Gasteiger partial charge in [0.15, 0.2) is 0 Å². The Morgan fingerprint density at radius 3 is 2.90 bits per heavy atom. The number of nitrogen functional groups attached to an aromatic ring is 1. The average Bonchev–Trinajstić information content (AvgIpc) is 2.78. The van der Waals surface area contributed by atoms with Crippen LogP contribution in [0.5, 0.6) is 5.75 Å². The number of aromatic nitrogens is 1. The van der Waals surface area contributed by atoms with Crippen LogP contribution in [0.1, 0.15) is 17.7 Å². The van der Waals surface area contributed by atoms with E-state index in [-0.39, 0.29) is 17.5 Å². The summed E-state index contributed by atoms with van der Waals surface area (Å²) in [4.78, 5) is 12.0. The van der Waals surface area contributed by atoms with Crippen LogP contribution in [0.3, 0.4) is 0 Å². The molecule has 0 fully saturated rings. The number of carbonyl (C=O) groups excluding carboxylic acids is 1. The molecular formula is C14H16ClN3O3. The molecule has 7 heteroatoms. The number of rotatable bonds is 5. The molecule has 21 heavy (non-hydrogen) atoms. The number of anilines is 2. The highest BCUT2D eigenvalue weighted by Gasteiger charge is 2.13. The van der Waals surface area contributed by atoms with Crippen molar-refractivity contribution in [1.29, 1.82) is 0 Å². The zero-order valence-corrected chi connectivity index (χ0v) is 12.5. The van der Waals surface area contributed by atoms with E-state index in [0.717, 1.165) is 5.56 Å². The van der Waals surface area contributed by atoms with Crippen molar-refractivity contribution in [3.05, 3.63) is 34.7 Å². The summed E-state index contributed by atoms with van der Waals surface area (Å²) in [6, 6.07) is 5.07. The molecular weight excluding hydrogens is 294 g/mol. The number of hydrogen-bond donors (Lipinski definition) is 2. The molecule has 6 nitrogen and oxygen atoms in total. The highest BCUT2D eigenvalue weighted by molar-refractivity contribution is 6.29. The summed E-state index contributed by atoms with van der Waals surface area (Å²) in [6.07, 6.45) is 0.697. The van der Waals surface area contributed by atoms with Gasteiger partial charge in [0, 0.05) is 18.1 Å². The van der Waals surface area contributed by atoms with Gasteiger partial charge in [-0.15, -0.1) is 0 Å². The smallest absolute Gasteiger partial charge is 0.229 e. The fraction of sp³-hybridized carbons (Fsp3) is 0.286. The van der Waals surface area contributed by atoms with Crippen molar-refractivity contribution in [3.8, 4) is 5.75 Å². The molecule has 0 radical (unpaired) electrons. The molecule has 0 saturated heterocycles. The lowest BCUT2D eigenvalue weighted by Crippen LogP contribution is -2.13. The maximum atomic E-state index is 12.0. The zero-order valence-electron chi connectivity index (χ0n) is 11.8. The Kier molecular flexibility index (Phi) is 4.70. The standard InChI is InChI=1S/C14H16ClN3O3/c1-8-10(14(15)21-18-8)4-6-13(19)17-12-7-9(20-2)3-5-11(12)16/h3,5,7H,4,6,16H2,1-2H3,(H,17,19). The number of methoxy groups -OCH3 is 1. The first-order valence-electron chi connectivity index (χ1n) is 6.35. The number of ether oxygens (including phenoxy) is 1. The van der Waals surface area contributed by atoms with Crippen LogP contribution in [0.2, 0.25) is 5.22 Å². The Bertz CT molecular complexity index is 635. The monoisotopic (exact) mass is 309 g/mol. The molecule has 0 aliphatic rings. The number of nitrogens with zero attached hydrogens (tertiary/aromatic N) is 1. The van der Waals surface area contributed by atoms with Crippen molar-refractivity contribution in [1.82, 2.24) is 5.16 Å². The molecule has 2 rings (SSSR count). The summed E-state index contributed by atoms with van der Waals surface area (Å²) in [5.74, 6) is 0.448. The fourth-order valence-corrected chi connectivity index (χ4v) is 2.13. The molecule has 1 amide bonds. The van der Waals surface area contributed by atoms with Gasteiger partial charge >= 0.3 is 0 Å². The Morgan fingerprint density at radius 2 is 2.29 bits per heavy atom. The van der Waals surface area contributed by atoms with E-state index in [1.54, 1.807) is 32.2 Å². The number of nitrogens with one attached hydrogen (secondary N) is 1. The van der Waals surface area contributed by atoms with Gasteiger partial charge in [0.25, 0.3) is 0 Å². The molecule has 3 N–H and O–H groups in total. The molecule has 0 aliphatic carbocycles. The highest BCUT2D eigenvalue weighted by atomic mass is 35.5. The lowest BCUT2D eigenvalue weighted by atomic mass is 10.1. The van der Waals surface area contributed by atoms with Crippen molar-refractivity contribution in [2.24, 2.45) is 0 Å². The SMILES string of the molecule is COc1ccc(N)c(NC(=O)CCc2c(C)noc2Cl)c1. The summed E-state index contributed by atoms with van der Waals surface area (Å²) < 4.78 is 9.94. The average molecular weight is 310 g/mol.